The molecule has 2 heterocycles. The summed E-state index contributed by atoms with van der Waals surface area (Å²) in [6.45, 7) is 7.17. The highest BCUT2D eigenvalue weighted by Crippen LogP contribution is 2.46. The monoisotopic (exact) mass is 360 g/mol. The van der Waals surface area contributed by atoms with Crippen molar-refractivity contribution in [2.45, 2.75) is 43.2 Å². The number of rotatable bonds is 5. The third-order valence-corrected chi connectivity index (χ3v) is 4.94. The second-order valence-electron chi connectivity index (χ2n) is 6.57. The van der Waals surface area contributed by atoms with E-state index in [0.717, 1.165) is 16.7 Å². The van der Waals surface area contributed by atoms with Crippen molar-refractivity contribution in [1.82, 2.24) is 0 Å². The van der Waals surface area contributed by atoms with Crippen molar-refractivity contribution in [2.24, 2.45) is 0 Å². The van der Waals surface area contributed by atoms with Gasteiger partial charge in [0, 0.05) is 5.56 Å². The van der Waals surface area contributed by atoms with Crippen LogP contribution < -0.4 is 0 Å². The molecular weight excluding hydrogens is 336 g/mol. The standard InChI is InChI=1S/C20H24O6/c1-3-5-12(4-2)8-13-6-7-14-11-25-20(15(14)9-13)19(24)18(23)17(22)16(10-21)26-20/h3-7,9,16-19,21-24H,1-2,8,10-11H2/b12-5+. The SMILES string of the molecule is C=C/C=C(\C=C)Cc1ccc2c(c1)C1(OC2)OC(CO)C(O)C(O)C1O. The molecule has 0 aromatic heterocycles. The van der Waals surface area contributed by atoms with E-state index < -0.39 is 36.8 Å². The molecule has 1 saturated heterocycles. The first-order chi connectivity index (χ1) is 12.5. The Labute approximate surface area is 152 Å². The van der Waals surface area contributed by atoms with Gasteiger partial charge in [-0.15, -0.1) is 0 Å². The minimum atomic E-state index is -1.62. The molecule has 6 nitrogen and oxygen atoms in total. The molecule has 4 N–H and O–H groups in total. The van der Waals surface area contributed by atoms with Crippen molar-refractivity contribution in [3.63, 3.8) is 0 Å². The molecule has 1 aromatic rings. The number of aliphatic hydroxyl groups excluding tert-OH is 4. The molecule has 2 aliphatic heterocycles. The molecule has 0 amide bonds. The first kappa shape index (κ1) is 19.0. The maximum absolute atomic E-state index is 10.6. The summed E-state index contributed by atoms with van der Waals surface area (Å²) in [7, 11) is 0. The number of ether oxygens (including phenoxy) is 2. The van der Waals surface area contributed by atoms with E-state index >= 15 is 0 Å². The molecule has 0 radical (unpaired) electrons. The fourth-order valence-electron chi connectivity index (χ4n) is 3.52. The van der Waals surface area contributed by atoms with Gasteiger partial charge in [0.1, 0.15) is 24.4 Å². The molecule has 140 valence electrons. The van der Waals surface area contributed by atoms with Crippen LogP contribution in [0.2, 0.25) is 0 Å². The van der Waals surface area contributed by atoms with Gasteiger partial charge in [0.05, 0.1) is 13.2 Å². The summed E-state index contributed by atoms with van der Waals surface area (Å²) < 4.78 is 11.5. The van der Waals surface area contributed by atoms with Crippen LogP contribution in [0.4, 0.5) is 0 Å². The van der Waals surface area contributed by atoms with Gasteiger partial charge >= 0.3 is 0 Å². The lowest BCUT2D eigenvalue weighted by Gasteiger charge is -2.46. The van der Waals surface area contributed by atoms with Crippen molar-refractivity contribution in [3.8, 4) is 0 Å². The molecule has 0 aliphatic carbocycles. The predicted octanol–water partition coefficient (Wildman–Crippen LogP) is 0.684. The lowest BCUT2D eigenvalue weighted by Crippen LogP contribution is -2.63. The third kappa shape index (κ3) is 3.05. The summed E-state index contributed by atoms with van der Waals surface area (Å²) in [4.78, 5) is 0. The first-order valence-electron chi connectivity index (χ1n) is 8.50. The van der Waals surface area contributed by atoms with Crippen LogP contribution in [-0.4, -0.2) is 51.4 Å². The van der Waals surface area contributed by atoms with Crippen molar-refractivity contribution in [3.05, 3.63) is 71.8 Å². The van der Waals surface area contributed by atoms with Crippen LogP contribution in [0.3, 0.4) is 0 Å². The zero-order chi connectivity index (χ0) is 18.9. The lowest BCUT2D eigenvalue weighted by atomic mass is 9.86. The van der Waals surface area contributed by atoms with E-state index in [4.69, 9.17) is 9.47 Å². The Morgan fingerprint density at radius 1 is 1.23 bits per heavy atom. The Kier molecular flexibility index (Phi) is 5.43. The van der Waals surface area contributed by atoms with E-state index in [1.54, 1.807) is 12.2 Å². The fraction of sp³-hybridized carbons (Fsp3) is 0.400. The summed E-state index contributed by atoms with van der Waals surface area (Å²) in [6, 6.07) is 5.69. The Balaban J connectivity index is 1.99. The fourth-order valence-corrected chi connectivity index (χ4v) is 3.52. The van der Waals surface area contributed by atoms with E-state index in [0.29, 0.717) is 12.0 Å². The van der Waals surface area contributed by atoms with E-state index in [-0.39, 0.29) is 6.61 Å². The summed E-state index contributed by atoms with van der Waals surface area (Å²) >= 11 is 0. The Hall–Kier alpha value is -1.80. The molecule has 6 heteroatoms. The number of hydrogen-bond donors (Lipinski definition) is 4. The average molecular weight is 360 g/mol. The molecular formula is C20H24O6. The van der Waals surface area contributed by atoms with Crippen LogP contribution in [0.5, 0.6) is 0 Å². The van der Waals surface area contributed by atoms with Crippen LogP contribution in [0.1, 0.15) is 16.7 Å². The summed E-state index contributed by atoms with van der Waals surface area (Å²) in [5.41, 5.74) is 3.33. The van der Waals surface area contributed by atoms with Crippen LogP contribution in [0.15, 0.2) is 55.2 Å². The van der Waals surface area contributed by atoms with Crippen molar-refractivity contribution in [2.75, 3.05) is 6.61 Å². The molecule has 0 bridgehead atoms. The number of fused-ring (bicyclic) bond motifs is 2. The minimum absolute atomic E-state index is 0.199. The van der Waals surface area contributed by atoms with Crippen molar-refractivity contribution in [1.29, 1.82) is 0 Å². The molecule has 26 heavy (non-hydrogen) atoms. The molecule has 2 aliphatic rings. The largest absolute Gasteiger partial charge is 0.394 e. The van der Waals surface area contributed by atoms with Crippen LogP contribution in [-0.2, 0) is 28.3 Å². The topological polar surface area (TPSA) is 99.4 Å². The van der Waals surface area contributed by atoms with Gasteiger partial charge in [0.25, 0.3) is 0 Å². The Morgan fingerprint density at radius 2 is 2.00 bits per heavy atom. The van der Waals surface area contributed by atoms with Crippen LogP contribution >= 0.6 is 0 Å². The van der Waals surface area contributed by atoms with Gasteiger partial charge in [-0.05, 0) is 29.2 Å². The van der Waals surface area contributed by atoms with Gasteiger partial charge in [0.2, 0.25) is 5.79 Å². The number of aliphatic hydroxyl groups is 4. The number of hydrogen-bond acceptors (Lipinski definition) is 6. The first-order valence-corrected chi connectivity index (χ1v) is 8.50. The zero-order valence-electron chi connectivity index (χ0n) is 14.4. The predicted molar refractivity (Wildman–Crippen MR) is 95.1 cm³/mol. The van der Waals surface area contributed by atoms with E-state index in [2.05, 4.69) is 13.2 Å². The summed E-state index contributed by atoms with van der Waals surface area (Å²) in [5, 5.41) is 40.2. The molecule has 1 spiro atoms. The van der Waals surface area contributed by atoms with Crippen molar-refractivity contribution < 1.29 is 29.9 Å². The maximum atomic E-state index is 10.6. The minimum Gasteiger partial charge on any atom is -0.394 e. The highest BCUT2D eigenvalue weighted by molar-refractivity contribution is 5.41. The summed E-state index contributed by atoms with van der Waals surface area (Å²) in [5.74, 6) is -1.62. The summed E-state index contributed by atoms with van der Waals surface area (Å²) in [6.07, 6.45) is 0.442. The smallest absolute Gasteiger partial charge is 0.225 e. The molecule has 0 saturated carbocycles. The van der Waals surface area contributed by atoms with Crippen LogP contribution in [0, 0.1) is 0 Å². The van der Waals surface area contributed by atoms with E-state index in [1.807, 2.05) is 24.3 Å². The highest BCUT2D eigenvalue weighted by atomic mass is 16.7. The number of allylic oxidation sites excluding steroid dienone is 4. The van der Waals surface area contributed by atoms with Gasteiger partial charge in [-0.1, -0.05) is 43.5 Å². The van der Waals surface area contributed by atoms with Gasteiger partial charge in [-0.3, -0.25) is 0 Å². The molecule has 3 rings (SSSR count). The van der Waals surface area contributed by atoms with E-state index in [1.165, 1.54) is 0 Å². The Bertz CT molecular complexity index is 725. The van der Waals surface area contributed by atoms with Gasteiger partial charge in [-0.25, -0.2) is 0 Å². The van der Waals surface area contributed by atoms with Crippen LogP contribution in [0.25, 0.3) is 0 Å². The second kappa shape index (κ2) is 7.44. The van der Waals surface area contributed by atoms with Gasteiger partial charge < -0.3 is 29.9 Å². The number of benzene rings is 1. The van der Waals surface area contributed by atoms with Gasteiger partial charge in [0.15, 0.2) is 0 Å². The molecule has 5 unspecified atom stereocenters. The second-order valence-corrected chi connectivity index (χ2v) is 6.57. The lowest BCUT2D eigenvalue weighted by molar-refractivity contribution is -0.368. The Morgan fingerprint density at radius 3 is 2.65 bits per heavy atom. The average Bonchev–Trinajstić information content (AvgIpc) is 3.01. The highest BCUT2D eigenvalue weighted by Gasteiger charge is 2.58. The molecule has 1 fully saturated rings. The van der Waals surface area contributed by atoms with Gasteiger partial charge in [-0.2, -0.15) is 0 Å². The quantitative estimate of drug-likeness (QED) is 0.577. The maximum Gasteiger partial charge on any atom is 0.225 e. The van der Waals surface area contributed by atoms with Crippen molar-refractivity contribution >= 4 is 0 Å². The zero-order valence-corrected chi connectivity index (χ0v) is 14.4. The molecule has 5 atom stereocenters. The van der Waals surface area contributed by atoms with E-state index in [9.17, 15) is 20.4 Å². The third-order valence-electron chi connectivity index (χ3n) is 4.94. The molecule has 1 aromatic carbocycles. The normalized spacial score (nSPS) is 33.9.